The molecule has 1 aromatic rings. The van der Waals surface area contributed by atoms with Crippen molar-refractivity contribution in [2.24, 2.45) is 5.73 Å². The Balaban J connectivity index is 3.20. The van der Waals surface area contributed by atoms with E-state index in [9.17, 15) is 0 Å². The van der Waals surface area contributed by atoms with Crippen LogP contribution in [0.5, 0.6) is 0 Å². The first-order valence-electron chi connectivity index (χ1n) is 4.29. The number of aliphatic hydroxyl groups excluding tert-OH is 1. The molecule has 0 radical (unpaired) electrons. The van der Waals surface area contributed by atoms with Gasteiger partial charge in [0, 0.05) is 5.69 Å². The van der Waals surface area contributed by atoms with E-state index in [0.717, 1.165) is 16.7 Å². The maximum absolute atomic E-state index is 8.91. The van der Waals surface area contributed by atoms with Crippen molar-refractivity contribution in [1.82, 2.24) is 0 Å². The molecule has 3 nitrogen and oxygen atoms in total. The predicted octanol–water partition coefficient (Wildman–Crippen LogP) is 0.878. The van der Waals surface area contributed by atoms with Crippen molar-refractivity contribution >= 4 is 5.69 Å². The van der Waals surface area contributed by atoms with Gasteiger partial charge >= 0.3 is 0 Å². The molecular weight excluding hydrogens is 164 g/mol. The van der Waals surface area contributed by atoms with E-state index in [1.54, 1.807) is 0 Å². The highest BCUT2D eigenvalue weighted by atomic mass is 16.3. The second kappa shape index (κ2) is 3.77. The Morgan fingerprint density at radius 1 is 1.38 bits per heavy atom. The van der Waals surface area contributed by atoms with Gasteiger partial charge in [0.1, 0.15) is 0 Å². The monoisotopic (exact) mass is 180 g/mol. The van der Waals surface area contributed by atoms with Gasteiger partial charge in [0.15, 0.2) is 0 Å². The molecular formula is C10H16N2O. The molecule has 0 unspecified atom stereocenters. The van der Waals surface area contributed by atoms with Gasteiger partial charge in [0.2, 0.25) is 0 Å². The molecule has 0 aliphatic carbocycles. The fourth-order valence-electron chi connectivity index (χ4n) is 1.42. The zero-order chi connectivity index (χ0) is 10.0. The molecule has 1 rings (SSSR count). The van der Waals surface area contributed by atoms with Crippen LogP contribution in [0.1, 0.15) is 22.7 Å². The number of anilines is 1. The summed E-state index contributed by atoms with van der Waals surface area (Å²) in [5.74, 6) is 0. The van der Waals surface area contributed by atoms with Crippen molar-refractivity contribution in [2.45, 2.75) is 19.9 Å². The number of nitrogen functional groups attached to an aromatic ring is 1. The minimum Gasteiger partial charge on any atom is -0.398 e. The summed E-state index contributed by atoms with van der Waals surface area (Å²) in [7, 11) is 0. The van der Waals surface area contributed by atoms with Gasteiger partial charge in [-0.15, -0.1) is 0 Å². The van der Waals surface area contributed by atoms with Crippen molar-refractivity contribution in [3.05, 3.63) is 28.8 Å². The normalized spacial score (nSPS) is 12.9. The highest BCUT2D eigenvalue weighted by Gasteiger charge is 2.10. The highest BCUT2D eigenvalue weighted by molar-refractivity contribution is 5.56. The molecule has 1 atom stereocenters. The van der Waals surface area contributed by atoms with E-state index in [1.807, 2.05) is 26.0 Å². The first-order valence-corrected chi connectivity index (χ1v) is 4.29. The lowest BCUT2D eigenvalue weighted by molar-refractivity contribution is 0.268. The van der Waals surface area contributed by atoms with Gasteiger partial charge < -0.3 is 16.6 Å². The Morgan fingerprint density at radius 2 is 2.00 bits per heavy atom. The van der Waals surface area contributed by atoms with E-state index in [-0.39, 0.29) is 12.6 Å². The molecule has 0 aromatic heterocycles. The standard InChI is InChI=1S/C10H16N2O/c1-6-3-7(2)10(12)8(4-6)9(11)5-13/h3-4,9,13H,5,11-12H2,1-2H3/t9-/m1/s1. The smallest absolute Gasteiger partial charge is 0.0625 e. The molecule has 5 N–H and O–H groups in total. The fraction of sp³-hybridized carbons (Fsp3) is 0.400. The number of rotatable bonds is 2. The molecule has 3 heteroatoms. The molecule has 13 heavy (non-hydrogen) atoms. The van der Waals surface area contributed by atoms with Crippen molar-refractivity contribution in [3.63, 3.8) is 0 Å². The predicted molar refractivity (Wildman–Crippen MR) is 54.3 cm³/mol. The lowest BCUT2D eigenvalue weighted by Crippen LogP contribution is -2.17. The zero-order valence-corrected chi connectivity index (χ0v) is 8.04. The van der Waals surface area contributed by atoms with Crippen molar-refractivity contribution < 1.29 is 5.11 Å². The molecule has 0 amide bonds. The first-order chi connectivity index (χ1) is 6.06. The number of benzene rings is 1. The quantitative estimate of drug-likeness (QED) is 0.591. The van der Waals surface area contributed by atoms with Gasteiger partial charge in [-0.3, -0.25) is 0 Å². The van der Waals surface area contributed by atoms with E-state index >= 15 is 0 Å². The summed E-state index contributed by atoms with van der Waals surface area (Å²) < 4.78 is 0. The Labute approximate surface area is 78.4 Å². The topological polar surface area (TPSA) is 72.3 Å². The van der Waals surface area contributed by atoms with Gasteiger partial charge in [0.25, 0.3) is 0 Å². The highest BCUT2D eigenvalue weighted by Crippen LogP contribution is 2.23. The van der Waals surface area contributed by atoms with Crippen LogP contribution in [-0.4, -0.2) is 11.7 Å². The summed E-state index contributed by atoms with van der Waals surface area (Å²) >= 11 is 0. The maximum atomic E-state index is 8.91. The van der Waals surface area contributed by atoms with Gasteiger partial charge in [-0.25, -0.2) is 0 Å². The van der Waals surface area contributed by atoms with E-state index in [1.165, 1.54) is 0 Å². The third-order valence-corrected chi connectivity index (χ3v) is 2.16. The van der Waals surface area contributed by atoms with Crippen LogP contribution in [0, 0.1) is 13.8 Å². The summed E-state index contributed by atoms with van der Waals surface area (Å²) in [4.78, 5) is 0. The Hall–Kier alpha value is -1.06. The molecule has 0 bridgehead atoms. The van der Waals surface area contributed by atoms with E-state index in [4.69, 9.17) is 16.6 Å². The summed E-state index contributed by atoms with van der Waals surface area (Å²) in [5.41, 5.74) is 15.2. The summed E-state index contributed by atoms with van der Waals surface area (Å²) in [6.45, 7) is 3.85. The average Bonchev–Trinajstić information content (AvgIpc) is 2.10. The lowest BCUT2D eigenvalue weighted by atomic mass is 9.99. The van der Waals surface area contributed by atoms with Gasteiger partial charge in [-0.05, 0) is 25.0 Å². The minimum absolute atomic E-state index is 0.0763. The Bertz CT molecular complexity index is 310. The molecule has 0 saturated heterocycles. The van der Waals surface area contributed by atoms with Crippen LogP contribution >= 0.6 is 0 Å². The van der Waals surface area contributed by atoms with E-state index < -0.39 is 0 Å². The van der Waals surface area contributed by atoms with E-state index in [2.05, 4.69) is 0 Å². The van der Waals surface area contributed by atoms with E-state index in [0.29, 0.717) is 5.69 Å². The summed E-state index contributed by atoms with van der Waals surface area (Å²) in [6, 6.07) is 3.55. The molecule has 0 fully saturated rings. The number of aryl methyl sites for hydroxylation is 2. The van der Waals surface area contributed by atoms with Crippen LogP contribution in [0.3, 0.4) is 0 Å². The maximum Gasteiger partial charge on any atom is 0.0625 e. The molecule has 0 spiro atoms. The average molecular weight is 180 g/mol. The number of hydrogen-bond acceptors (Lipinski definition) is 3. The SMILES string of the molecule is Cc1cc(C)c(N)c([C@H](N)CO)c1. The van der Waals surface area contributed by atoms with Crippen molar-refractivity contribution in [1.29, 1.82) is 0 Å². The van der Waals surface area contributed by atoms with Crippen LogP contribution in [-0.2, 0) is 0 Å². The van der Waals surface area contributed by atoms with Crippen molar-refractivity contribution in [2.75, 3.05) is 12.3 Å². The van der Waals surface area contributed by atoms with Crippen LogP contribution in [0.25, 0.3) is 0 Å². The Morgan fingerprint density at radius 3 is 2.54 bits per heavy atom. The van der Waals surface area contributed by atoms with Crippen LogP contribution in [0.15, 0.2) is 12.1 Å². The van der Waals surface area contributed by atoms with Crippen LogP contribution < -0.4 is 11.5 Å². The first kappa shape index (κ1) is 10.0. The number of aliphatic hydroxyl groups is 1. The molecule has 0 aliphatic heterocycles. The van der Waals surface area contributed by atoms with Gasteiger partial charge in [-0.2, -0.15) is 0 Å². The molecule has 0 saturated carbocycles. The Kier molecular flexibility index (Phi) is 2.90. The largest absolute Gasteiger partial charge is 0.398 e. The molecule has 72 valence electrons. The molecule has 0 aliphatic rings. The zero-order valence-electron chi connectivity index (χ0n) is 8.04. The minimum atomic E-state index is -0.376. The number of hydrogen-bond donors (Lipinski definition) is 3. The lowest BCUT2D eigenvalue weighted by Gasteiger charge is -2.14. The fourth-order valence-corrected chi connectivity index (χ4v) is 1.42. The van der Waals surface area contributed by atoms with Crippen LogP contribution in [0.2, 0.25) is 0 Å². The van der Waals surface area contributed by atoms with Gasteiger partial charge in [-0.1, -0.05) is 17.7 Å². The number of nitrogens with two attached hydrogens (primary N) is 2. The summed E-state index contributed by atoms with van der Waals surface area (Å²) in [6.07, 6.45) is 0. The third kappa shape index (κ3) is 1.99. The summed E-state index contributed by atoms with van der Waals surface area (Å²) in [5, 5.41) is 8.91. The van der Waals surface area contributed by atoms with Gasteiger partial charge in [0.05, 0.1) is 12.6 Å². The van der Waals surface area contributed by atoms with Crippen LogP contribution in [0.4, 0.5) is 5.69 Å². The third-order valence-electron chi connectivity index (χ3n) is 2.16. The molecule has 1 aromatic carbocycles. The second-order valence-corrected chi connectivity index (χ2v) is 3.37. The van der Waals surface area contributed by atoms with Crippen molar-refractivity contribution in [3.8, 4) is 0 Å². The molecule has 0 heterocycles. The second-order valence-electron chi connectivity index (χ2n) is 3.37.